The molecule has 2 aromatic carbocycles. The largest absolute Gasteiger partial charge is 0.586 e. The number of piperazine rings is 1. The Balaban J connectivity index is 0.000000249. The molecule has 0 amide bonds. The van der Waals surface area contributed by atoms with Gasteiger partial charge in [-0.25, -0.2) is 4.98 Å². The minimum atomic E-state index is -3.69. The first kappa shape index (κ1) is 25.8. The summed E-state index contributed by atoms with van der Waals surface area (Å²) in [6, 6.07) is 13.8. The number of aromatic nitrogens is 2. The van der Waals surface area contributed by atoms with Crippen molar-refractivity contribution in [3.63, 3.8) is 0 Å². The molecule has 0 atom stereocenters. The SMILES string of the molecule is CN1CCN(CCO)CC1.O=Cc1cccc(-c2cnc3[nH]cc(-c4cccc5c4OC(F)(F)O5)c3c2)c1. The molecule has 2 aliphatic rings. The summed E-state index contributed by atoms with van der Waals surface area (Å²) in [7, 11) is 2.14. The van der Waals surface area contributed by atoms with Crippen molar-refractivity contribution in [3.05, 3.63) is 66.5 Å². The van der Waals surface area contributed by atoms with Crippen LogP contribution in [0.3, 0.4) is 0 Å². The van der Waals surface area contributed by atoms with Gasteiger partial charge in [0, 0.05) is 72.8 Å². The van der Waals surface area contributed by atoms with Gasteiger partial charge in [-0.1, -0.05) is 30.3 Å². The van der Waals surface area contributed by atoms with E-state index in [1.165, 1.54) is 6.07 Å². The van der Waals surface area contributed by atoms with Crippen molar-refractivity contribution >= 4 is 17.3 Å². The molecule has 2 aromatic heterocycles. The van der Waals surface area contributed by atoms with Gasteiger partial charge in [0.05, 0.1) is 6.61 Å². The highest BCUT2D eigenvalue weighted by molar-refractivity contribution is 5.98. The van der Waals surface area contributed by atoms with Crippen LogP contribution in [0.5, 0.6) is 11.5 Å². The molecule has 0 radical (unpaired) electrons. The minimum absolute atomic E-state index is 0.0123. The van der Waals surface area contributed by atoms with Crippen molar-refractivity contribution in [2.75, 3.05) is 46.4 Å². The smallest absolute Gasteiger partial charge is 0.395 e. The maximum atomic E-state index is 13.5. The summed E-state index contributed by atoms with van der Waals surface area (Å²) in [6.07, 6.45) is 0.472. The van der Waals surface area contributed by atoms with Crippen LogP contribution in [-0.4, -0.2) is 83.8 Å². The first-order valence-electron chi connectivity index (χ1n) is 12.3. The fraction of sp³-hybridized carbons (Fsp3) is 0.286. The quantitative estimate of drug-likeness (QED) is 0.379. The molecule has 0 spiro atoms. The van der Waals surface area contributed by atoms with Gasteiger partial charge in [-0.2, -0.15) is 0 Å². The van der Waals surface area contributed by atoms with Gasteiger partial charge < -0.3 is 24.5 Å². The third-order valence-corrected chi connectivity index (χ3v) is 6.62. The van der Waals surface area contributed by atoms with E-state index in [1.54, 1.807) is 42.7 Å². The highest BCUT2D eigenvalue weighted by atomic mass is 19.3. The normalized spacial score (nSPS) is 16.7. The Labute approximate surface area is 218 Å². The minimum Gasteiger partial charge on any atom is -0.395 e. The zero-order valence-corrected chi connectivity index (χ0v) is 20.9. The topological polar surface area (TPSA) is 90.9 Å². The summed E-state index contributed by atoms with van der Waals surface area (Å²) < 4.78 is 36.3. The number of aromatic amines is 1. The van der Waals surface area contributed by atoms with Crippen LogP contribution in [0.1, 0.15) is 10.4 Å². The third-order valence-electron chi connectivity index (χ3n) is 6.62. The molecule has 10 heteroatoms. The van der Waals surface area contributed by atoms with Crippen molar-refractivity contribution in [1.29, 1.82) is 0 Å². The predicted molar refractivity (Wildman–Crippen MR) is 140 cm³/mol. The number of aldehydes is 1. The fourth-order valence-corrected chi connectivity index (χ4v) is 4.57. The molecule has 0 bridgehead atoms. The van der Waals surface area contributed by atoms with Gasteiger partial charge in [0.2, 0.25) is 0 Å². The van der Waals surface area contributed by atoms with Gasteiger partial charge >= 0.3 is 6.29 Å². The van der Waals surface area contributed by atoms with Crippen LogP contribution < -0.4 is 9.47 Å². The molecule has 6 rings (SSSR count). The van der Waals surface area contributed by atoms with Crippen molar-refractivity contribution in [3.8, 4) is 33.8 Å². The summed E-state index contributed by atoms with van der Waals surface area (Å²) in [6.45, 7) is 5.63. The van der Waals surface area contributed by atoms with Crippen molar-refractivity contribution < 1.29 is 28.2 Å². The Morgan fingerprint density at radius 3 is 2.61 bits per heavy atom. The number of fused-ring (bicyclic) bond motifs is 2. The second-order valence-electron chi connectivity index (χ2n) is 9.23. The molecule has 1 saturated heterocycles. The average molecular weight is 523 g/mol. The molecular formula is C28H28F2N4O4. The van der Waals surface area contributed by atoms with E-state index in [4.69, 9.17) is 9.84 Å². The second kappa shape index (κ2) is 10.9. The highest BCUT2D eigenvalue weighted by Crippen LogP contribution is 2.48. The van der Waals surface area contributed by atoms with E-state index in [9.17, 15) is 13.6 Å². The predicted octanol–water partition coefficient (Wildman–Crippen LogP) is 4.26. The van der Waals surface area contributed by atoms with Crippen LogP contribution in [-0.2, 0) is 0 Å². The Morgan fingerprint density at radius 2 is 1.84 bits per heavy atom. The van der Waals surface area contributed by atoms with E-state index in [-0.39, 0.29) is 11.5 Å². The Hall–Kier alpha value is -3.86. The zero-order chi connectivity index (χ0) is 26.7. The Bertz CT molecular complexity index is 1430. The lowest BCUT2D eigenvalue weighted by Gasteiger charge is -2.31. The lowest BCUT2D eigenvalue weighted by atomic mass is 10.0. The summed E-state index contributed by atoms with van der Waals surface area (Å²) in [4.78, 5) is 23.1. The number of hydrogen-bond donors (Lipinski definition) is 2. The van der Waals surface area contributed by atoms with Gasteiger partial charge in [0.15, 0.2) is 11.5 Å². The van der Waals surface area contributed by atoms with Crippen LogP contribution in [0, 0.1) is 0 Å². The van der Waals surface area contributed by atoms with Crippen LogP contribution >= 0.6 is 0 Å². The number of likely N-dealkylation sites (N-methyl/N-ethyl adjacent to an activating group) is 1. The van der Waals surface area contributed by atoms with E-state index in [0.717, 1.165) is 55.5 Å². The Kier molecular flexibility index (Phi) is 7.37. The number of aliphatic hydroxyl groups is 1. The summed E-state index contributed by atoms with van der Waals surface area (Å²) in [5.74, 6) is -0.0265. The molecule has 0 unspecified atom stereocenters. The van der Waals surface area contributed by atoms with E-state index in [1.807, 2.05) is 12.1 Å². The van der Waals surface area contributed by atoms with Crippen molar-refractivity contribution in [1.82, 2.24) is 19.8 Å². The van der Waals surface area contributed by atoms with Gasteiger partial charge in [-0.15, -0.1) is 8.78 Å². The molecule has 0 aliphatic carbocycles. The number of nitrogens with one attached hydrogen (secondary N) is 1. The number of para-hydroxylation sites is 1. The van der Waals surface area contributed by atoms with Crippen LogP contribution in [0.25, 0.3) is 33.3 Å². The number of alkyl halides is 2. The number of ether oxygens (including phenoxy) is 2. The second-order valence-corrected chi connectivity index (χ2v) is 9.23. The maximum Gasteiger partial charge on any atom is 0.586 e. The monoisotopic (exact) mass is 522 g/mol. The molecule has 4 aromatic rings. The van der Waals surface area contributed by atoms with E-state index in [2.05, 4.69) is 31.6 Å². The number of nitrogens with zero attached hydrogens (tertiary/aromatic N) is 3. The van der Waals surface area contributed by atoms with E-state index >= 15 is 0 Å². The molecular weight excluding hydrogens is 494 g/mol. The first-order valence-corrected chi connectivity index (χ1v) is 12.3. The first-order chi connectivity index (χ1) is 18.4. The highest BCUT2D eigenvalue weighted by Gasteiger charge is 2.44. The van der Waals surface area contributed by atoms with Crippen LogP contribution in [0.4, 0.5) is 8.78 Å². The molecule has 2 aliphatic heterocycles. The number of pyridine rings is 1. The van der Waals surface area contributed by atoms with Gasteiger partial charge in [-0.05, 0) is 30.8 Å². The molecule has 198 valence electrons. The standard InChI is InChI=1S/C21H12F2N2O3.C7H16N2O/c22-21(23)27-18-6-2-5-15(19(18)28-21)17-10-25-20-16(17)8-14(9-24-20)13-4-1-3-12(7-13)11-26;1-8-2-4-9(5-3-8)6-7-10/h1-11H,(H,24,25);10H,2-7H2,1H3. The molecule has 8 nitrogen and oxygen atoms in total. The van der Waals surface area contributed by atoms with Crippen molar-refractivity contribution in [2.24, 2.45) is 0 Å². The van der Waals surface area contributed by atoms with Gasteiger partial charge in [0.1, 0.15) is 11.9 Å². The number of carbonyl (C=O) groups is 1. The number of hydrogen-bond acceptors (Lipinski definition) is 7. The lowest BCUT2D eigenvalue weighted by Crippen LogP contribution is -2.45. The number of benzene rings is 2. The third kappa shape index (κ3) is 5.52. The number of aliphatic hydroxyl groups excluding tert-OH is 1. The van der Waals surface area contributed by atoms with Crippen LogP contribution in [0.2, 0.25) is 0 Å². The average Bonchev–Trinajstić information content (AvgIpc) is 3.49. The summed E-state index contributed by atoms with van der Waals surface area (Å²) in [5.41, 5.74) is 3.92. The summed E-state index contributed by atoms with van der Waals surface area (Å²) in [5, 5.41) is 9.37. The molecule has 2 N–H and O–H groups in total. The summed E-state index contributed by atoms with van der Waals surface area (Å²) >= 11 is 0. The molecule has 38 heavy (non-hydrogen) atoms. The number of carbonyl (C=O) groups excluding carboxylic acids is 1. The molecule has 1 fully saturated rings. The molecule has 4 heterocycles. The van der Waals surface area contributed by atoms with E-state index in [0.29, 0.717) is 28.9 Å². The van der Waals surface area contributed by atoms with Gasteiger partial charge in [0.25, 0.3) is 0 Å². The number of halogens is 2. The number of β-amino-alcohol motifs (C(OH)–C–C–N with tert-alkyl or cyclic N) is 1. The van der Waals surface area contributed by atoms with E-state index < -0.39 is 6.29 Å². The lowest BCUT2D eigenvalue weighted by molar-refractivity contribution is -0.286. The fourth-order valence-electron chi connectivity index (χ4n) is 4.57. The number of rotatable bonds is 5. The number of H-pyrrole nitrogens is 1. The Morgan fingerprint density at radius 1 is 1.05 bits per heavy atom. The maximum absolute atomic E-state index is 13.5. The van der Waals surface area contributed by atoms with Crippen molar-refractivity contribution in [2.45, 2.75) is 6.29 Å². The van der Waals surface area contributed by atoms with Crippen LogP contribution in [0.15, 0.2) is 60.9 Å². The zero-order valence-electron chi connectivity index (χ0n) is 20.9. The van der Waals surface area contributed by atoms with Gasteiger partial charge in [-0.3, -0.25) is 9.69 Å². The molecule has 0 saturated carbocycles.